The largest absolute Gasteiger partial charge is 0.275 e. The number of rotatable bonds is 17. The van der Waals surface area contributed by atoms with Gasteiger partial charge in [-0.15, -0.1) is 11.3 Å². The topological polar surface area (TPSA) is 17.1 Å². The lowest BCUT2D eigenvalue weighted by Gasteiger charge is -2.16. The first-order valence-electron chi connectivity index (χ1n) is 11.0. The zero-order valence-electron chi connectivity index (χ0n) is 17.0. The van der Waals surface area contributed by atoms with Crippen LogP contribution < -0.4 is 0 Å². The molecule has 0 aliphatic carbocycles. The molecule has 0 aliphatic rings. The summed E-state index contributed by atoms with van der Waals surface area (Å²) in [5.74, 6) is 0.768. The van der Waals surface area contributed by atoms with Crippen LogP contribution in [0.1, 0.15) is 118 Å². The van der Waals surface area contributed by atoms with Gasteiger partial charge in [0, 0.05) is 4.88 Å². The van der Waals surface area contributed by atoms with Crippen molar-refractivity contribution in [3.05, 3.63) is 21.9 Å². The van der Waals surface area contributed by atoms with E-state index in [1.54, 1.807) is 11.3 Å². The maximum Gasteiger partial charge on any atom is 0.262 e. The number of halogens is 1. The molecule has 1 rings (SSSR count). The summed E-state index contributed by atoms with van der Waals surface area (Å²) in [6.45, 7) is 4.55. The van der Waals surface area contributed by atoms with E-state index >= 15 is 0 Å². The summed E-state index contributed by atoms with van der Waals surface area (Å²) in [5.41, 5.74) is 0. The molecule has 0 amide bonds. The van der Waals surface area contributed by atoms with Crippen molar-refractivity contribution in [3.8, 4) is 0 Å². The average Bonchev–Trinajstić information content (AvgIpc) is 3.09. The molecule has 0 saturated carbocycles. The van der Waals surface area contributed by atoms with Crippen molar-refractivity contribution in [3.63, 3.8) is 0 Å². The van der Waals surface area contributed by atoms with E-state index < -0.39 is 0 Å². The summed E-state index contributed by atoms with van der Waals surface area (Å²) in [6, 6.07) is 4.00. The Morgan fingerprint density at radius 3 is 1.81 bits per heavy atom. The van der Waals surface area contributed by atoms with E-state index in [2.05, 4.69) is 19.9 Å². The SMILES string of the molecule is CCCCCCCCC(CCCCCCCC)Cc1ccc(C(=O)Cl)s1. The van der Waals surface area contributed by atoms with Crippen molar-refractivity contribution in [2.45, 2.75) is 110 Å². The average molecular weight is 399 g/mol. The number of hydrogen-bond acceptors (Lipinski definition) is 2. The summed E-state index contributed by atoms with van der Waals surface area (Å²) in [4.78, 5) is 13.3. The van der Waals surface area contributed by atoms with E-state index in [-0.39, 0.29) is 5.24 Å². The molecule has 0 bridgehead atoms. The van der Waals surface area contributed by atoms with Gasteiger partial charge in [-0.2, -0.15) is 0 Å². The quantitative estimate of drug-likeness (QED) is 0.189. The van der Waals surface area contributed by atoms with Crippen LogP contribution in [-0.4, -0.2) is 5.24 Å². The van der Waals surface area contributed by atoms with Crippen LogP contribution in [0.5, 0.6) is 0 Å². The van der Waals surface area contributed by atoms with Gasteiger partial charge in [-0.25, -0.2) is 0 Å². The smallest absolute Gasteiger partial charge is 0.262 e. The molecule has 0 spiro atoms. The molecule has 0 unspecified atom stereocenters. The molecule has 150 valence electrons. The second kappa shape index (κ2) is 15.7. The zero-order valence-corrected chi connectivity index (χ0v) is 18.6. The Hall–Kier alpha value is -0.340. The summed E-state index contributed by atoms with van der Waals surface area (Å²) in [6.07, 6.45) is 20.2. The molecule has 0 atom stereocenters. The standard InChI is InChI=1S/C23H39ClOS/c1-3-5-7-9-11-13-15-20(16-14-12-10-8-6-4-2)19-21-17-18-22(26-21)23(24)25/h17-18,20H,3-16,19H2,1-2H3. The summed E-state index contributed by atoms with van der Waals surface area (Å²) < 4.78 is 0. The van der Waals surface area contributed by atoms with Crippen LogP contribution in [-0.2, 0) is 6.42 Å². The summed E-state index contributed by atoms with van der Waals surface area (Å²) in [7, 11) is 0. The summed E-state index contributed by atoms with van der Waals surface area (Å²) >= 11 is 7.20. The van der Waals surface area contributed by atoms with Crippen molar-refractivity contribution in [1.82, 2.24) is 0 Å². The van der Waals surface area contributed by atoms with Gasteiger partial charge in [0.15, 0.2) is 0 Å². The molecule has 0 radical (unpaired) electrons. The number of unbranched alkanes of at least 4 members (excludes halogenated alkanes) is 10. The van der Waals surface area contributed by atoms with Crippen LogP contribution in [0.2, 0.25) is 0 Å². The van der Waals surface area contributed by atoms with Crippen LogP contribution >= 0.6 is 22.9 Å². The molecule has 3 heteroatoms. The minimum Gasteiger partial charge on any atom is -0.275 e. The number of thiophene rings is 1. The van der Waals surface area contributed by atoms with Crippen molar-refractivity contribution in [2.75, 3.05) is 0 Å². The molecule has 1 aromatic rings. The van der Waals surface area contributed by atoms with Crippen LogP contribution in [0, 0.1) is 5.92 Å². The van der Waals surface area contributed by atoms with Gasteiger partial charge in [0.05, 0.1) is 4.88 Å². The first-order valence-corrected chi connectivity index (χ1v) is 12.1. The van der Waals surface area contributed by atoms with Gasteiger partial charge in [-0.05, 0) is 36.1 Å². The van der Waals surface area contributed by atoms with Gasteiger partial charge in [0.1, 0.15) is 0 Å². The highest BCUT2D eigenvalue weighted by molar-refractivity contribution is 7.15. The molecule has 0 aliphatic heterocycles. The first-order chi connectivity index (χ1) is 12.7. The van der Waals surface area contributed by atoms with E-state index in [1.165, 1.54) is 94.8 Å². The van der Waals surface area contributed by atoms with E-state index in [4.69, 9.17) is 11.6 Å². The Bertz CT molecular complexity index is 453. The lowest BCUT2D eigenvalue weighted by Crippen LogP contribution is -2.04. The van der Waals surface area contributed by atoms with E-state index in [1.807, 2.05) is 6.07 Å². The predicted molar refractivity (Wildman–Crippen MR) is 118 cm³/mol. The zero-order chi connectivity index (χ0) is 19.0. The fourth-order valence-corrected chi connectivity index (χ4v) is 4.79. The van der Waals surface area contributed by atoms with Gasteiger partial charge in [-0.3, -0.25) is 4.79 Å². The van der Waals surface area contributed by atoms with Crippen LogP contribution in [0.25, 0.3) is 0 Å². The van der Waals surface area contributed by atoms with E-state index in [9.17, 15) is 4.79 Å². The van der Waals surface area contributed by atoms with Crippen LogP contribution in [0.4, 0.5) is 0 Å². The fraction of sp³-hybridized carbons (Fsp3) is 0.783. The van der Waals surface area contributed by atoms with Gasteiger partial charge < -0.3 is 0 Å². The van der Waals surface area contributed by atoms with E-state index in [0.29, 0.717) is 4.88 Å². The monoisotopic (exact) mass is 398 g/mol. The van der Waals surface area contributed by atoms with Crippen molar-refractivity contribution >= 4 is 28.2 Å². The lowest BCUT2D eigenvalue weighted by molar-refractivity contribution is 0.108. The Labute approximate surface area is 170 Å². The third-order valence-corrected chi connectivity index (χ3v) is 6.70. The summed E-state index contributed by atoms with van der Waals surface area (Å²) in [5, 5.41) is -0.315. The second-order valence-electron chi connectivity index (χ2n) is 7.72. The Morgan fingerprint density at radius 1 is 0.846 bits per heavy atom. The molecular formula is C23H39ClOS. The third kappa shape index (κ3) is 11.4. The molecule has 0 N–H and O–H groups in total. The maximum absolute atomic E-state index is 11.3. The van der Waals surface area contributed by atoms with Crippen molar-refractivity contribution in [2.24, 2.45) is 5.92 Å². The molecule has 0 aromatic carbocycles. The highest BCUT2D eigenvalue weighted by Crippen LogP contribution is 2.27. The number of hydrogen-bond donors (Lipinski definition) is 0. The van der Waals surface area contributed by atoms with E-state index in [0.717, 1.165) is 12.3 Å². The molecule has 1 heterocycles. The van der Waals surface area contributed by atoms with Gasteiger partial charge in [-0.1, -0.05) is 104 Å². The van der Waals surface area contributed by atoms with Gasteiger partial charge in [0.25, 0.3) is 5.24 Å². The molecule has 26 heavy (non-hydrogen) atoms. The molecule has 0 fully saturated rings. The minimum absolute atomic E-state index is 0.315. The van der Waals surface area contributed by atoms with Gasteiger partial charge in [0.2, 0.25) is 0 Å². The molecule has 1 nitrogen and oxygen atoms in total. The fourth-order valence-electron chi connectivity index (χ4n) is 3.65. The normalized spacial score (nSPS) is 11.4. The highest BCUT2D eigenvalue weighted by Gasteiger charge is 2.13. The maximum atomic E-state index is 11.3. The van der Waals surface area contributed by atoms with Crippen molar-refractivity contribution < 1.29 is 4.79 Å². The Morgan fingerprint density at radius 2 is 1.35 bits per heavy atom. The molecular weight excluding hydrogens is 360 g/mol. The predicted octanol–water partition coefficient (Wildman–Crippen LogP) is 8.79. The Balaban J connectivity index is 2.36. The first kappa shape index (κ1) is 23.7. The minimum atomic E-state index is -0.315. The van der Waals surface area contributed by atoms with Crippen LogP contribution in [0.3, 0.4) is 0 Å². The molecule has 1 aromatic heterocycles. The number of carbonyl (C=O) groups is 1. The van der Waals surface area contributed by atoms with Crippen LogP contribution in [0.15, 0.2) is 12.1 Å². The Kier molecular flexibility index (Phi) is 14.3. The highest BCUT2D eigenvalue weighted by atomic mass is 35.5. The van der Waals surface area contributed by atoms with Crippen molar-refractivity contribution in [1.29, 1.82) is 0 Å². The molecule has 0 saturated heterocycles. The number of carbonyl (C=O) groups excluding carboxylic acids is 1. The van der Waals surface area contributed by atoms with Gasteiger partial charge >= 0.3 is 0 Å². The second-order valence-corrected chi connectivity index (χ2v) is 9.23. The lowest BCUT2D eigenvalue weighted by atomic mass is 9.91. The third-order valence-electron chi connectivity index (χ3n) is 5.28.